The van der Waals surface area contributed by atoms with Crippen LogP contribution in [0.3, 0.4) is 0 Å². The van der Waals surface area contributed by atoms with E-state index in [1.54, 1.807) is 0 Å². The molecule has 0 spiro atoms. The highest BCUT2D eigenvalue weighted by Gasteiger charge is 2.19. The molecule has 1 fully saturated rings. The number of benzene rings is 1. The minimum atomic E-state index is 0.350. The van der Waals surface area contributed by atoms with Gasteiger partial charge in [-0.25, -0.2) is 0 Å². The van der Waals surface area contributed by atoms with Gasteiger partial charge in [0.2, 0.25) is 0 Å². The maximum absolute atomic E-state index is 8.74. The van der Waals surface area contributed by atoms with Gasteiger partial charge in [0.25, 0.3) is 0 Å². The molecule has 0 amide bonds. The van der Waals surface area contributed by atoms with E-state index in [1.807, 2.05) is 0 Å². The molecular formula is C17H27NO. The van der Waals surface area contributed by atoms with Crippen LogP contribution in [-0.4, -0.2) is 36.2 Å². The Bertz CT molecular complexity index is 330. The van der Waals surface area contributed by atoms with Gasteiger partial charge in [-0.2, -0.15) is 0 Å². The molecule has 1 N–H and O–H groups in total. The SMILES string of the molecule is OCCCCCCN1CCC(c2ccccc2)CC1. The Kier molecular flexibility index (Phi) is 6.38. The number of piperidine rings is 1. The Labute approximate surface area is 117 Å². The van der Waals surface area contributed by atoms with Crippen LogP contribution >= 0.6 is 0 Å². The second-order valence-corrected chi connectivity index (χ2v) is 5.66. The fraction of sp³-hybridized carbons (Fsp3) is 0.647. The summed E-state index contributed by atoms with van der Waals surface area (Å²) in [4.78, 5) is 2.61. The molecule has 1 heterocycles. The van der Waals surface area contributed by atoms with Gasteiger partial charge in [0, 0.05) is 6.61 Å². The molecule has 2 nitrogen and oxygen atoms in total. The van der Waals surface area contributed by atoms with E-state index in [0.717, 1.165) is 12.3 Å². The Morgan fingerprint density at radius 1 is 0.947 bits per heavy atom. The van der Waals surface area contributed by atoms with Gasteiger partial charge in [-0.1, -0.05) is 43.2 Å². The normalized spacial score (nSPS) is 17.7. The highest BCUT2D eigenvalue weighted by atomic mass is 16.2. The van der Waals surface area contributed by atoms with Gasteiger partial charge < -0.3 is 10.0 Å². The van der Waals surface area contributed by atoms with E-state index < -0.39 is 0 Å². The molecule has 106 valence electrons. The second-order valence-electron chi connectivity index (χ2n) is 5.66. The van der Waals surface area contributed by atoms with E-state index >= 15 is 0 Å². The third-order valence-corrected chi connectivity index (χ3v) is 4.24. The van der Waals surface area contributed by atoms with Crippen molar-refractivity contribution in [3.05, 3.63) is 35.9 Å². The van der Waals surface area contributed by atoms with E-state index in [9.17, 15) is 0 Å². The van der Waals surface area contributed by atoms with Crippen molar-refractivity contribution in [2.75, 3.05) is 26.2 Å². The Hall–Kier alpha value is -0.860. The van der Waals surface area contributed by atoms with E-state index in [0.29, 0.717) is 6.61 Å². The van der Waals surface area contributed by atoms with Crippen molar-refractivity contribution in [1.82, 2.24) is 4.90 Å². The summed E-state index contributed by atoms with van der Waals surface area (Å²) in [5.74, 6) is 0.770. The molecule has 0 aromatic heterocycles. The fourth-order valence-electron chi connectivity index (χ4n) is 3.02. The molecule has 1 saturated heterocycles. The number of rotatable bonds is 7. The van der Waals surface area contributed by atoms with Gasteiger partial charge in [0.15, 0.2) is 0 Å². The Morgan fingerprint density at radius 3 is 2.32 bits per heavy atom. The maximum atomic E-state index is 8.74. The van der Waals surface area contributed by atoms with Gasteiger partial charge >= 0.3 is 0 Å². The van der Waals surface area contributed by atoms with E-state index in [2.05, 4.69) is 35.2 Å². The lowest BCUT2D eigenvalue weighted by atomic mass is 9.89. The minimum absolute atomic E-state index is 0.350. The van der Waals surface area contributed by atoms with Gasteiger partial charge in [-0.3, -0.25) is 0 Å². The Balaban J connectivity index is 1.63. The monoisotopic (exact) mass is 261 g/mol. The highest BCUT2D eigenvalue weighted by molar-refractivity contribution is 5.19. The van der Waals surface area contributed by atoms with Crippen LogP contribution in [0.5, 0.6) is 0 Å². The maximum Gasteiger partial charge on any atom is 0.0431 e. The molecule has 0 aliphatic carbocycles. The number of aliphatic hydroxyl groups excluding tert-OH is 1. The van der Waals surface area contributed by atoms with Crippen LogP contribution in [0.15, 0.2) is 30.3 Å². The zero-order valence-electron chi connectivity index (χ0n) is 11.9. The van der Waals surface area contributed by atoms with E-state index in [1.165, 1.54) is 57.3 Å². The largest absolute Gasteiger partial charge is 0.396 e. The summed E-state index contributed by atoms with van der Waals surface area (Å²) in [6.45, 7) is 4.09. The number of likely N-dealkylation sites (tertiary alicyclic amines) is 1. The first-order valence-corrected chi connectivity index (χ1v) is 7.78. The van der Waals surface area contributed by atoms with Gasteiger partial charge in [0.1, 0.15) is 0 Å². The predicted molar refractivity (Wildman–Crippen MR) is 80.4 cm³/mol. The fourth-order valence-corrected chi connectivity index (χ4v) is 3.02. The van der Waals surface area contributed by atoms with Crippen LogP contribution in [0.25, 0.3) is 0 Å². The molecule has 0 radical (unpaired) electrons. The van der Waals surface area contributed by atoms with Crippen LogP contribution in [0, 0.1) is 0 Å². The lowest BCUT2D eigenvalue weighted by Crippen LogP contribution is -2.33. The standard InChI is InChI=1S/C17H27NO/c19-15-7-2-1-6-12-18-13-10-17(11-14-18)16-8-4-3-5-9-16/h3-5,8-9,17,19H,1-2,6-7,10-15H2. The van der Waals surface area contributed by atoms with Crippen molar-refractivity contribution >= 4 is 0 Å². The summed E-state index contributed by atoms with van der Waals surface area (Å²) in [6, 6.07) is 11.0. The molecule has 2 rings (SSSR count). The van der Waals surface area contributed by atoms with Crippen molar-refractivity contribution in [3.8, 4) is 0 Å². The van der Waals surface area contributed by atoms with Gasteiger partial charge in [-0.05, 0) is 56.8 Å². The first-order chi connectivity index (χ1) is 9.40. The third kappa shape index (κ3) is 4.96. The molecule has 0 atom stereocenters. The van der Waals surface area contributed by atoms with Crippen LogP contribution < -0.4 is 0 Å². The molecule has 1 aliphatic heterocycles. The zero-order chi connectivity index (χ0) is 13.3. The molecule has 1 aliphatic rings. The van der Waals surface area contributed by atoms with Crippen molar-refractivity contribution in [2.45, 2.75) is 44.4 Å². The first kappa shape index (κ1) is 14.5. The van der Waals surface area contributed by atoms with Gasteiger partial charge in [-0.15, -0.1) is 0 Å². The van der Waals surface area contributed by atoms with E-state index in [4.69, 9.17) is 5.11 Å². The van der Waals surface area contributed by atoms with Crippen molar-refractivity contribution in [1.29, 1.82) is 0 Å². The summed E-state index contributed by atoms with van der Waals surface area (Å²) < 4.78 is 0. The van der Waals surface area contributed by atoms with Crippen molar-refractivity contribution < 1.29 is 5.11 Å². The highest BCUT2D eigenvalue weighted by Crippen LogP contribution is 2.27. The molecule has 1 aromatic rings. The lowest BCUT2D eigenvalue weighted by molar-refractivity contribution is 0.207. The molecule has 19 heavy (non-hydrogen) atoms. The molecule has 0 unspecified atom stereocenters. The summed E-state index contributed by atoms with van der Waals surface area (Å²) in [7, 11) is 0. The number of unbranched alkanes of at least 4 members (excludes halogenated alkanes) is 3. The average molecular weight is 261 g/mol. The topological polar surface area (TPSA) is 23.5 Å². The van der Waals surface area contributed by atoms with Crippen LogP contribution in [0.1, 0.15) is 50.0 Å². The smallest absolute Gasteiger partial charge is 0.0431 e. The average Bonchev–Trinajstić information content (AvgIpc) is 2.49. The van der Waals surface area contributed by atoms with Crippen LogP contribution in [0.4, 0.5) is 0 Å². The zero-order valence-corrected chi connectivity index (χ0v) is 11.9. The summed E-state index contributed by atoms with van der Waals surface area (Å²) in [6.07, 6.45) is 7.31. The Morgan fingerprint density at radius 2 is 1.63 bits per heavy atom. The van der Waals surface area contributed by atoms with Gasteiger partial charge in [0.05, 0.1) is 0 Å². The summed E-state index contributed by atoms with van der Waals surface area (Å²) >= 11 is 0. The predicted octanol–water partition coefficient (Wildman–Crippen LogP) is 3.42. The second kappa shape index (κ2) is 8.34. The minimum Gasteiger partial charge on any atom is -0.396 e. The molecule has 0 bridgehead atoms. The van der Waals surface area contributed by atoms with Crippen LogP contribution in [0.2, 0.25) is 0 Å². The van der Waals surface area contributed by atoms with Crippen molar-refractivity contribution in [2.24, 2.45) is 0 Å². The lowest BCUT2D eigenvalue weighted by Gasteiger charge is -2.32. The summed E-state index contributed by atoms with van der Waals surface area (Å²) in [5.41, 5.74) is 1.52. The number of hydrogen-bond donors (Lipinski definition) is 1. The quantitative estimate of drug-likeness (QED) is 0.760. The third-order valence-electron chi connectivity index (χ3n) is 4.24. The number of aliphatic hydroxyl groups is 1. The molecule has 1 aromatic carbocycles. The molecule has 0 saturated carbocycles. The summed E-state index contributed by atoms with van der Waals surface area (Å²) in [5, 5.41) is 8.74. The number of nitrogens with zero attached hydrogens (tertiary/aromatic N) is 1. The van der Waals surface area contributed by atoms with E-state index in [-0.39, 0.29) is 0 Å². The van der Waals surface area contributed by atoms with Crippen molar-refractivity contribution in [3.63, 3.8) is 0 Å². The molecular weight excluding hydrogens is 234 g/mol. The van der Waals surface area contributed by atoms with Crippen LogP contribution in [-0.2, 0) is 0 Å². The number of hydrogen-bond acceptors (Lipinski definition) is 2. The first-order valence-electron chi connectivity index (χ1n) is 7.78. The molecule has 2 heteroatoms.